The largest absolute Gasteiger partial charge is 0.308 e. The average Bonchev–Trinajstić information content (AvgIpc) is 3.66. The van der Waals surface area contributed by atoms with Gasteiger partial charge >= 0.3 is 0 Å². The maximum absolute atomic E-state index is 14.8. The molecule has 0 unspecified atom stereocenters. The highest BCUT2D eigenvalue weighted by atomic mass is 16.2. The van der Waals surface area contributed by atoms with Crippen LogP contribution in [0.2, 0.25) is 0 Å². The number of fused-ring (bicyclic) bond motifs is 4. The lowest BCUT2D eigenvalue weighted by Crippen LogP contribution is -2.30. The van der Waals surface area contributed by atoms with Gasteiger partial charge in [-0.15, -0.1) is 0 Å². The second kappa shape index (κ2) is 11.8. The molecule has 0 radical (unpaired) electrons. The smallest absolute Gasteiger partial charge is 0.268 e. The fourth-order valence-electron chi connectivity index (χ4n) is 7.60. The van der Waals surface area contributed by atoms with Crippen LogP contribution >= 0.6 is 0 Å². The Labute approximate surface area is 294 Å². The molecule has 1 aliphatic heterocycles. The summed E-state index contributed by atoms with van der Waals surface area (Å²) in [6, 6.07) is 53.8. The Morgan fingerprint density at radius 2 is 1.20 bits per heavy atom. The van der Waals surface area contributed by atoms with Gasteiger partial charge in [-0.1, -0.05) is 109 Å². The third kappa shape index (κ3) is 4.69. The molecule has 7 aromatic carbocycles. The van der Waals surface area contributed by atoms with Crippen molar-refractivity contribution in [2.75, 3.05) is 4.90 Å². The number of nitriles is 1. The van der Waals surface area contributed by atoms with Crippen LogP contribution in [0, 0.1) is 18.3 Å². The van der Waals surface area contributed by atoms with Crippen molar-refractivity contribution in [2.45, 2.75) is 6.92 Å². The summed E-state index contributed by atoms with van der Waals surface area (Å²) in [4.78, 5) is 30.5. The lowest BCUT2D eigenvalue weighted by Gasteiger charge is -2.20. The zero-order valence-electron chi connectivity index (χ0n) is 27.7. The fourth-order valence-corrected chi connectivity index (χ4v) is 7.60. The summed E-state index contributed by atoms with van der Waals surface area (Å²) in [5, 5.41) is 11.6. The molecule has 0 fully saturated rings. The Balaban J connectivity index is 1.24. The van der Waals surface area contributed by atoms with E-state index < -0.39 is 0 Å². The third-order valence-electron chi connectivity index (χ3n) is 9.91. The topological polar surface area (TPSA) is 66.1 Å². The molecular weight excluding hydrogens is 627 g/mol. The lowest BCUT2D eigenvalue weighted by molar-refractivity contribution is 0.0926. The summed E-state index contributed by atoms with van der Waals surface area (Å²) in [5.74, 6) is -0.712. The van der Waals surface area contributed by atoms with Gasteiger partial charge in [0.15, 0.2) is 0 Å². The predicted molar refractivity (Wildman–Crippen MR) is 204 cm³/mol. The molecule has 0 N–H and O–H groups in total. The van der Waals surface area contributed by atoms with Gasteiger partial charge < -0.3 is 4.57 Å². The van der Waals surface area contributed by atoms with Crippen molar-refractivity contribution in [1.82, 2.24) is 4.57 Å². The van der Waals surface area contributed by atoms with E-state index >= 15 is 0 Å². The van der Waals surface area contributed by atoms with Crippen molar-refractivity contribution in [3.05, 3.63) is 180 Å². The van der Waals surface area contributed by atoms with Crippen LogP contribution in [0.15, 0.2) is 158 Å². The first kappa shape index (κ1) is 30.1. The molecule has 0 saturated carbocycles. The minimum absolute atomic E-state index is 0.351. The van der Waals surface area contributed by atoms with Gasteiger partial charge in [-0.3, -0.25) is 9.59 Å². The quantitative estimate of drug-likeness (QED) is 0.173. The molecule has 0 saturated heterocycles. The van der Waals surface area contributed by atoms with Gasteiger partial charge in [-0.05, 0) is 88.8 Å². The van der Waals surface area contributed by atoms with Gasteiger partial charge in [0, 0.05) is 16.3 Å². The Bertz CT molecular complexity index is 2760. The molecule has 2 heterocycles. The van der Waals surface area contributed by atoms with E-state index in [-0.39, 0.29) is 11.8 Å². The average molecular weight is 656 g/mol. The van der Waals surface area contributed by atoms with Crippen LogP contribution in [0.4, 0.5) is 5.69 Å². The summed E-state index contributed by atoms with van der Waals surface area (Å²) >= 11 is 0. The van der Waals surface area contributed by atoms with Crippen molar-refractivity contribution >= 4 is 39.3 Å². The van der Waals surface area contributed by atoms with Crippen molar-refractivity contribution in [3.8, 4) is 45.1 Å². The number of para-hydroxylation sites is 1. The van der Waals surface area contributed by atoms with E-state index in [2.05, 4.69) is 53.1 Å². The number of rotatable bonds is 5. The molecule has 1 aliphatic rings. The zero-order chi connectivity index (χ0) is 34.6. The van der Waals surface area contributed by atoms with E-state index in [4.69, 9.17) is 0 Å². The van der Waals surface area contributed by atoms with E-state index in [1.165, 1.54) is 4.90 Å². The normalized spacial score (nSPS) is 12.4. The lowest BCUT2D eigenvalue weighted by atomic mass is 9.95. The monoisotopic (exact) mass is 655 g/mol. The predicted octanol–water partition coefficient (Wildman–Crippen LogP) is 10.8. The van der Waals surface area contributed by atoms with Crippen molar-refractivity contribution in [1.29, 1.82) is 5.26 Å². The second-order valence-electron chi connectivity index (χ2n) is 12.8. The Hall–Kier alpha value is -7.03. The van der Waals surface area contributed by atoms with Crippen LogP contribution in [-0.4, -0.2) is 16.4 Å². The third-order valence-corrected chi connectivity index (χ3v) is 9.91. The molecule has 0 bridgehead atoms. The summed E-state index contributed by atoms with van der Waals surface area (Å²) < 4.78 is 2.11. The summed E-state index contributed by atoms with van der Waals surface area (Å²) in [5.41, 5.74) is 11.2. The highest BCUT2D eigenvalue weighted by Crippen LogP contribution is 2.43. The zero-order valence-corrected chi connectivity index (χ0v) is 27.7. The Kier molecular flexibility index (Phi) is 6.98. The SMILES string of the molecule is Cc1cc(C#N)ccc1-c1cccc2c1c1ccccc1n2-c1cccc2c1C(=O)N(c1ccc(-c3ccccc3)cc1-c1ccccc1)C2=O. The molecule has 9 rings (SSSR count). The van der Waals surface area contributed by atoms with E-state index in [9.17, 15) is 14.9 Å². The Morgan fingerprint density at radius 1 is 0.510 bits per heavy atom. The highest BCUT2D eigenvalue weighted by molar-refractivity contribution is 6.36. The number of nitrogens with zero attached hydrogens (tertiary/aromatic N) is 3. The van der Waals surface area contributed by atoms with Crippen LogP contribution in [0.3, 0.4) is 0 Å². The molecule has 0 atom stereocenters. The maximum atomic E-state index is 14.8. The van der Waals surface area contributed by atoms with E-state index in [1.807, 2.05) is 116 Å². The number of carbonyl (C=O) groups is 2. The van der Waals surface area contributed by atoms with Gasteiger partial charge in [-0.2, -0.15) is 5.26 Å². The van der Waals surface area contributed by atoms with Gasteiger partial charge in [0.05, 0.1) is 45.2 Å². The van der Waals surface area contributed by atoms with E-state index in [1.54, 1.807) is 6.07 Å². The first-order valence-corrected chi connectivity index (χ1v) is 16.8. The number of hydrogen-bond donors (Lipinski definition) is 0. The van der Waals surface area contributed by atoms with Crippen molar-refractivity contribution in [2.24, 2.45) is 0 Å². The minimum Gasteiger partial charge on any atom is -0.308 e. The van der Waals surface area contributed by atoms with Crippen LogP contribution in [0.25, 0.3) is 60.9 Å². The van der Waals surface area contributed by atoms with E-state index in [0.29, 0.717) is 28.1 Å². The number of carbonyl (C=O) groups excluding carboxylic acids is 2. The summed E-state index contributed by atoms with van der Waals surface area (Å²) in [7, 11) is 0. The Morgan fingerprint density at radius 3 is 1.96 bits per heavy atom. The van der Waals surface area contributed by atoms with Crippen molar-refractivity contribution < 1.29 is 9.59 Å². The number of anilines is 1. The van der Waals surface area contributed by atoms with Gasteiger partial charge in [0.2, 0.25) is 0 Å². The molecule has 8 aromatic rings. The molecule has 0 aliphatic carbocycles. The number of hydrogen-bond acceptors (Lipinski definition) is 3. The van der Waals surface area contributed by atoms with Crippen LogP contribution in [0.5, 0.6) is 0 Å². The molecule has 240 valence electrons. The number of amides is 2. The number of imide groups is 1. The van der Waals surface area contributed by atoms with Gasteiger partial charge in [0.1, 0.15) is 0 Å². The molecule has 5 heteroatoms. The van der Waals surface area contributed by atoms with E-state index in [0.717, 1.165) is 60.8 Å². The first-order valence-electron chi connectivity index (χ1n) is 16.8. The number of aryl methyl sites for hydroxylation is 1. The van der Waals surface area contributed by atoms with Crippen LogP contribution < -0.4 is 4.90 Å². The van der Waals surface area contributed by atoms with Crippen LogP contribution in [0.1, 0.15) is 31.8 Å². The molecule has 51 heavy (non-hydrogen) atoms. The summed E-state index contributed by atoms with van der Waals surface area (Å²) in [6.45, 7) is 2.02. The molecular formula is C46H29N3O2. The van der Waals surface area contributed by atoms with Gasteiger partial charge in [-0.25, -0.2) is 4.90 Å². The molecule has 5 nitrogen and oxygen atoms in total. The van der Waals surface area contributed by atoms with Gasteiger partial charge in [0.25, 0.3) is 11.8 Å². The maximum Gasteiger partial charge on any atom is 0.268 e. The fraction of sp³-hybridized carbons (Fsp3) is 0.0217. The number of benzene rings is 7. The highest BCUT2D eigenvalue weighted by Gasteiger charge is 2.40. The molecule has 0 spiro atoms. The van der Waals surface area contributed by atoms with Crippen LogP contribution in [-0.2, 0) is 0 Å². The first-order chi connectivity index (χ1) is 25.0. The minimum atomic E-state index is -0.361. The summed E-state index contributed by atoms with van der Waals surface area (Å²) in [6.07, 6.45) is 0. The number of aromatic nitrogens is 1. The second-order valence-corrected chi connectivity index (χ2v) is 12.8. The molecule has 1 aromatic heterocycles. The van der Waals surface area contributed by atoms with Crippen molar-refractivity contribution in [3.63, 3.8) is 0 Å². The standard InChI is InChI=1S/C46H29N3O2/c1-29-26-30(28-47)22-24-34(29)35-17-10-20-41-43(35)36-16-8-9-19-39(36)48(41)42-21-11-18-37-44(42)46(51)49(45(37)50)40-25-23-33(31-12-4-2-5-13-31)27-38(40)32-14-6-3-7-15-32/h2-27H,1H3. The molecule has 2 amide bonds.